The van der Waals surface area contributed by atoms with Crippen molar-refractivity contribution in [2.24, 2.45) is 0 Å². The zero-order valence-corrected chi connectivity index (χ0v) is 16.9. The highest BCUT2D eigenvalue weighted by atomic mass is 16.5. The van der Waals surface area contributed by atoms with E-state index in [1.165, 1.54) is 0 Å². The number of rotatable bonds is 8. The van der Waals surface area contributed by atoms with Gasteiger partial charge in [-0.15, -0.1) is 0 Å². The van der Waals surface area contributed by atoms with Gasteiger partial charge in [0.1, 0.15) is 0 Å². The number of nitrogens with zero attached hydrogens (tertiary/aromatic N) is 2. The van der Waals surface area contributed by atoms with Crippen molar-refractivity contribution in [3.8, 4) is 0 Å². The molecule has 1 aliphatic heterocycles. The third-order valence-corrected chi connectivity index (χ3v) is 5.20. The fourth-order valence-corrected chi connectivity index (χ4v) is 3.69. The Balaban J connectivity index is 1.47. The molecule has 0 fully saturated rings. The maximum Gasteiger partial charge on any atom is 0.306 e. The van der Waals surface area contributed by atoms with Gasteiger partial charge in [-0.3, -0.25) is 24.1 Å². The molecule has 29 heavy (non-hydrogen) atoms. The van der Waals surface area contributed by atoms with E-state index in [-0.39, 0.29) is 43.6 Å². The quantitative estimate of drug-likeness (QED) is 0.389. The molecule has 0 radical (unpaired) electrons. The minimum absolute atomic E-state index is 0.0225. The van der Waals surface area contributed by atoms with E-state index < -0.39 is 5.97 Å². The highest BCUT2D eigenvalue weighted by molar-refractivity contribution is 6.21. The van der Waals surface area contributed by atoms with Crippen LogP contribution in [0.25, 0.3) is 0 Å². The predicted octanol–water partition coefficient (Wildman–Crippen LogP) is 2.93. The van der Waals surface area contributed by atoms with Gasteiger partial charge in [-0.1, -0.05) is 12.1 Å². The molecule has 152 valence electrons. The summed E-state index contributed by atoms with van der Waals surface area (Å²) in [5.41, 5.74) is 3.17. The number of carbonyl (C=O) groups excluding carboxylic acids is 4. The summed E-state index contributed by atoms with van der Waals surface area (Å²) in [5.74, 6) is -1.47. The Morgan fingerprint density at radius 2 is 1.66 bits per heavy atom. The Kier molecular flexibility index (Phi) is 5.96. The summed E-state index contributed by atoms with van der Waals surface area (Å²) in [6.45, 7) is 6.38. The van der Waals surface area contributed by atoms with Gasteiger partial charge in [0, 0.05) is 36.5 Å². The van der Waals surface area contributed by atoms with E-state index in [1.807, 2.05) is 25.3 Å². The van der Waals surface area contributed by atoms with E-state index in [9.17, 15) is 19.2 Å². The largest absolute Gasteiger partial charge is 0.457 e. The van der Waals surface area contributed by atoms with Crippen molar-refractivity contribution in [1.82, 2.24) is 9.47 Å². The van der Waals surface area contributed by atoms with Gasteiger partial charge in [0.2, 0.25) is 5.78 Å². The van der Waals surface area contributed by atoms with Crippen LogP contribution in [-0.4, -0.2) is 46.2 Å². The van der Waals surface area contributed by atoms with Gasteiger partial charge in [0.25, 0.3) is 11.8 Å². The molecule has 0 saturated heterocycles. The van der Waals surface area contributed by atoms with Gasteiger partial charge in [-0.05, 0) is 45.4 Å². The average molecular weight is 396 g/mol. The molecule has 2 heterocycles. The summed E-state index contributed by atoms with van der Waals surface area (Å²) in [5, 5.41) is 0. The van der Waals surface area contributed by atoms with Crippen LogP contribution in [0.1, 0.15) is 62.2 Å². The molecule has 0 bridgehead atoms. The van der Waals surface area contributed by atoms with E-state index in [0.29, 0.717) is 16.7 Å². The van der Waals surface area contributed by atoms with Crippen molar-refractivity contribution in [2.45, 2.75) is 40.2 Å². The van der Waals surface area contributed by atoms with Crippen LogP contribution in [0.3, 0.4) is 0 Å². The van der Waals surface area contributed by atoms with Gasteiger partial charge >= 0.3 is 5.97 Å². The molecule has 0 N–H and O–H groups in total. The number of benzene rings is 1. The molecule has 0 aliphatic carbocycles. The highest BCUT2D eigenvalue weighted by Gasteiger charge is 2.34. The molecule has 1 aliphatic rings. The maximum atomic E-state index is 12.4. The van der Waals surface area contributed by atoms with Crippen molar-refractivity contribution >= 4 is 23.6 Å². The number of fused-ring (bicyclic) bond motifs is 1. The summed E-state index contributed by atoms with van der Waals surface area (Å²) in [4.78, 5) is 50.0. The molecule has 3 rings (SSSR count). The molecule has 2 amide bonds. The van der Waals surface area contributed by atoms with Crippen LogP contribution in [0.4, 0.5) is 0 Å². The summed E-state index contributed by atoms with van der Waals surface area (Å²) >= 11 is 0. The number of amides is 2. The number of imide groups is 1. The van der Waals surface area contributed by atoms with Crippen molar-refractivity contribution in [3.05, 3.63) is 58.4 Å². The molecule has 1 aromatic heterocycles. The minimum Gasteiger partial charge on any atom is -0.457 e. The molecule has 0 unspecified atom stereocenters. The van der Waals surface area contributed by atoms with Crippen LogP contribution < -0.4 is 0 Å². The number of carbonyl (C=O) groups is 4. The van der Waals surface area contributed by atoms with Crippen LogP contribution >= 0.6 is 0 Å². The Morgan fingerprint density at radius 3 is 2.21 bits per heavy atom. The molecule has 1 aromatic carbocycles. The maximum absolute atomic E-state index is 12.4. The van der Waals surface area contributed by atoms with Crippen molar-refractivity contribution in [2.75, 3.05) is 13.2 Å². The van der Waals surface area contributed by atoms with Gasteiger partial charge in [0.05, 0.1) is 11.1 Å². The van der Waals surface area contributed by atoms with Crippen LogP contribution in [0.2, 0.25) is 0 Å². The van der Waals surface area contributed by atoms with E-state index in [4.69, 9.17) is 4.74 Å². The smallest absolute Gasteiger partial charge is 0.306 e. The summed E-state index contributed by atoms with van der Waals surface area (Å²) < 4.78 is 7.12. The third-order valence-electron chi connectivity index (χ3n) is 5.20. The van der Waals surface area contributed by atoms with E-state index in [0.717, 1.165) is 22.8 Å². The molecule has 7 heteroatoms. The Hall–Kier alpha value is -3.22. The molecule has 0 saturated carbocycles. The van der Waals surface area contributed by atoms with E-state index in [2.05, 4.69) is 0 Å². The van der Waals surface area contributed by atoms with Gasteiger partial charge in [-0.25, -0.2) is 0 Å². The Morgan fingerprint density at radius 1 is 1.03 bits per heavy atom. The van der Waals surface area contributed by atoms with Crippen molar-refractivity contribution in [1.29, 1.82) is 0 Å². The van der Waals surface area contributed by atoms with Crippen LogP contribution in [0, 0.1) is 13.8 Å². The van der Waals surface area contributed by atoms with Gasteiger partial charge < -0.3 is 9.30 Å². The van der Waals surface area contributed by atoms with Gasteiger partial charge in [-0.2, -0.15) is 0 Å². The molecule has 2 aromatic rings. The number of esters is 1. The molecule has 0 atom stereocenters. The average Bonchev–Trinajstić information content (AvgIpc) is 3.14. The monoisotopic (exact) mass is 396 g/mol. The first-order valence-electron chi connectivity index (χ1n) is 9.66. The number of aromatic nitrogens is 1. The summed E-state index contributed by atoms with van der Waals surface area (Å²) in [7, 11) is 0. The summed E-state index contributed by atoms with van der Waals surface area (Å²) in [6.07, 6.45) is 0.303. The van der Waals surface area contributed by atoms with Crippen LogP contribution in [-0.2, 0) is 16.1 Å². The van der Waals surface area contributed by atoms with Crippen molar-refractivity contribution in [3.63, 3.8) is 0 Å². The number of ketones is 1. The molecular weight excluding hydrogens is 372 g/mol. The first-order chi connectivity index (χ1) is 13.8. The second-order valence-electron chi connectivity index (χ2n) is 7.02. The van der Waals surface area contributed by atoms with Crippen LogP contribution in [0.5, 0.6) is 0 Å². The first-order valence-corrected chi connectivity index (χ1v) is 9.66. The van der Waals surface area contributed by atoms with E-state index >= 15 is 0 Å². The minimum atomic E-state index is -0.528. The zero-order valence-electron chi connectivity index (χ0n) is 16.9. The Labute approximate surface area is 169 Å². The fourth-order valence-electron chi connectivity index (χ4n) is 3.69. The summed E-state index contributed by atoms with van der Waals surface area (Å²) in [6, 6.07) is 8.45. The lowest BCUT2D eigenvalue weighted by molar-refractivity contribution is -0.142. The number of ether oxygens (including phenoxy) is 1. The lowest BCUT2D eigenvalue weighted by atomic mass is 10.1. The lowest BCUT2D eigenvalue weighted by Crippen LogP contribution is -2.31. The zero-order chi connectivity index (χ0) is 21.1. The predicted molar refractivity (Wildman–Crippen MR) is 106 cm³/mol. The number of Topliss-reactive ketones (excluding diaryl/α,β-unsaturated/α-hetero) is 1. The van der Waals surface area contributed by atoms with E-state index in [1.54, 1.807) is 30.3 Å². The molecule has 0 spiro atoms. The van der Waals surface area contributed by atoms with Gasteiger partial charge in [0.15, 0.2) is 6.61 Å². The standard InChI is InChI=1S/C22H24N2O5/c1-4-23-14(2)12-18(15(23)3)19(25)13-29-20(26)10-7-11-24-21(27)16-8-5-6-9-17(16)22(24)28/h5-6,8-9,12H,4,7,10-11,13H2,1-3H3. The number of hydrogen-bond donors (Lipinski definition) is 0. The first kappa shape index (κ1) is 20.5. The second-order valence-corrected chi connectivity index (χ2v) is 7.02. The highest BCUT2D eigenvalue weighted by Crippen LogP contribution is 2.22. The number of aryl methyl sites for hydroxylation is 1. The Bertz CT molecular complexity index is 954. The third kappa shape index (κ3) is 3.99. The lowest BCUT2D eigenvalue weighted by Gasteiger charge is -2.13. The SMILES string of the molecule is CCn1c(C)cc(C(=O)COC(=O)CCCN2C(=O)c3ccccc3C2=O)c1C. The number of hydrogen-bond acceptors (Lipinski definition) is 5. The normalized spacial score (nSPS) is 13.0. The van der Waals surface area contributed by atoms with Crippen LogP contribution in [0.15, 0.2) is 30.3 Å². The molecule has 7 nitrogen and oxygen atoms in total. The fraction of sp³-hybridized carbons (Fsp3) is 0.364. The molecular formula is C22H24N2O5. The van der Waals surface area contributed by atoms with Crippen molar-refractivity contribution < 1.29 is 23.9 Å². The topological polar surface area (TPSA) is 85.7 Å². The second kappa shape index (κ2) is 8.43.